The van der Waals surface area contributed by atoms with Crippen molar-refractivity contribution >= 4 is 17.3 Å². The Hall–Kier alpha value is -2.29. The van der Waals surface area contributed by atoms with Crippen molar-refractivity contribution in [1.82, 2.24) is 15.5 Å². The molecular formula is C21H28N4O3S. The van der Waals surface area contributed by atoms with Gasteiger partial charge < -0.3 is 24.8 Å². The first-order chi connectivity index (χ1) is 14.3. The van der Waals surface area contributed by atoms with E-state index in [4.69, 9.17) is 19.2 Å². The molecule has 2 aliphatic heterocycles. The van der Waals surface area contributed by atoms with E-state index in [0.717, 1.165) is 62.4 Å². The Balaban J connectivity index is 1.41. The molecule has 4 rings (SSSR count). The number of nitrogens with one attached hydrogen (secondary N) is 2. The van der Waals surface area contributed by atoms with Gasteiger partial charge in [-0.25, -0.2) is 4.99 Å². The SMILES string of the molecule is CCNC(=NCc1ccc2c(c1)OCO2)NCC(c1cccs1)N1CCOCC1. The van der Waals surface area contributed by atoms with Crippen LogP contribution in [0.2, 0.25) is 0 Å². The molecule has 1 aromatic heterocycles. The van der Waals surface area contributed by atoms with Crippen LogP contribution in [0.15, 0.2) is 40.7 Å². The molecule has 29 heavy (non-hydrogen) atoms. The molecule has 0 saturated carbocycles. The topological polar surface area (TPSA) is 67.4 Å². The summed E-state index contributed by atoms with van der Waals surface area (Å²) in [6, 6.07) is 10.6. The maximum atomic E-state index is 5.54. The molecule has 2 N–H and O–H groups in total. The smallest absolute Gasteiger partial charge is 0.231 e. The summed E-state index contributed by atoms with van der Waals surface area (Å²) < 4.78 is 16.4. The summed E-state index contributed by atoms with van der Waals surface area (Å²) in [7, 11) is 0. The van der Waals surface area contributed by atoms with Crippen LogP contribution in [-0.2, 0) is 11.3 Å². The average molecular weight is 417 g/mol. The van der Waals surface area contributed by atoms with E-state index in [1.54, 1.807) is 11.3 Å². The van der Waals surface area contributed by atoms with Gasteiger partial charge in [0.05, 0.1) is 25.8 Å². The molecule has 0 spiro atoms. The normalized spacial score (nSPS) is 17.9. The Bertz CT molecular complexity index is 806. The number of benzene rings is 1. The maximum Gasteiger partial charge on any atom is 0.231 e. The van der Waals surface area contributed by atoms with Crippen LogP contribution >= 0.6 is 11.3 Å². The minimum atomic E-state index is 0.290. The zero-order valence-corrected chi connectivity index (χ0v) is 17.5. The van der Waals surface area contributed by atoms with E-state index < -0.39 is 0 Å². The van der Waals surface area contributed by atoms with Gasteiger partial charge in [0.25, 0.3) is 0 Å². The minimum absolute atomic E-state index is 0.290. The molecule has 1 fully saturated rings. The number of nitrogens with zero attached hydrogens (tertiary/aromatic N) is 2. The monoisotopic (exact) mass is 416 g/mol. The second kappa shape index (κ2) is 9.96. The summed E-state index contributed by atoms with van der Waals surface area (Å²) in [5.74, 6) is 2.41. The highest BCUT2D eigenvalue weighted by Gasteiger charge is 2.23. The largest absolute Gasteiger partial charge is 0.454 e. The van der Waals surface area contributed by atoms with Crippen LogP contribution in [0.4, 0.5) is 0 Å². The lowest BCUT2D eigenvalue weighted by Crippen LogP contribution is -2.46. The molecule has 1 atom stereocenters. The molecule has 0 amide bonds. The third kappa shape index (κ3) is 5.20. The summed E-state index contributed by atoms with van der Waals surface area (Å²) in [6.45, 7) is 8.05. The zero-order valence-electron chi connectivity index (χ0n) is 16.7. The van der Waals surface area contributed by atoms with Crippen molar-refractivity contribution < 1.29 is 14.2 Å². The second-order valence-electron chi connectivity index (χ2n) is 6.94. The molecule has 1 saturated heterocycles. The number of ether oxygens (including phenoxy) is 3. The molecule has 8 heteroatoms. The molecule has 7 nitrogen and oxygen atoms in total. The number of aliphatic imine (C=N–C) groups is 1. The first-order valence-electron chi connectivity index (χ1n) is 10.1. The molecule has 3 heterocycles. The van der Waals surface area contributed by atoms with E-state index in [0.29, 0.717) is 12.6 Å². The van der Waals surface area contributed by atoms with Crippen molar-refractivity contribution in [3.05, 3.63) is 46.2 Å². The van der Waals surface area contributed by atoms with Gasteiger partial charge in [0.2, 0.25) is 6.79 Å². The standard InChI is InChI=1S/C21H28N4O3S/c1-2-22-21(23-13-16-5-6-18-19(12-16)28-15-27-18)24-14-17(20-4-3-11-29-20)25-7-9-26-10-8-25/h3-6,11-12,17H,2,7-10,13-15H2,1H3,(H2,22,23,24). The van der Waals surface area contributed by atoms with Crippen LogP contribution in [0, 0.1) is 0 Å². The lowest BCUT2D eigenvalue weighted by molar-refractivity contribution is 0.0177. The number of guanidine groups is 1. The lowest BCUT2D eigenvalue weighted by Gasteiger charge is -2.34. The number of morpholine rings is 1. The molecule has 0 radical (unpaired) electrons. The number of hydrogen-bond acceptors (Lipinski definition) is 6. The molecule has 0 aliphatic carbocycles. The van der Waals surface area contributed by atoms with Gasteiger partial charge in [0.15, 0.2) is 17.5 Å². The van der Waals surface area contributed by atoms with Crippen molar-refractivity contribution in [2.24, 2.45) is 4.99 Å². The van der Waals surface area contributed by atoms with Crippen molar-refractivity contribution in [3.63, 3.8) is 0 Å². The third-order valence-electron chi connectivity index (χ3n) is 5.02. The fraction of sp³-hybridized carbons (Fsp3) is 0.476. The van der Waals surface area contributed by atoms with Crippen LogP contribution in [0.25, 0.3) is 0 Å². The summed E-state index contributed by atoms with van der Waals surface area (Å²) in [5, 5.41) is 9.03. The highest BCUT2D eigenvalue weighted by molar-refractivity contribution is 7.10. The van der Waals surface area contributed by atoms with E-state index in [1.165, 1.54) is 4.88 Å². The van der Waals surface area contributed by atoms with Gasteiger partial charge in [-0.05, 0) is 36.1 Å². The lowest BCUT2D eigenvalue weighted by atomic mass is 10.2. The highest BCUT2D eigenvalue weighted by atomic mass is 32.1. The van der Waals surface area contributed by atoms with Crippen LogP contribution in [0.1, 0.15) is 23.4 Å². The Morgan fingerprint density at radius 1 is 1.17 bits per heavy atom. The quantitative estimate of drug-likeness (QED) is 0.534. The van der Waals surface area contributed by atoms with Crippen LogP contribution in [-0.4, -0.2) is 57.0 Å². The molecule has 156 valence electrons. The predicted octanol–water partition coefficient (Wildman–Crippen LogP) is 2.61. The minimum Gasteiger partial charge on any atom is -0.454 e. The van der Waals surface area contributed by atoms with Gasteiger partial charge in [-0.2, -0.15) is 0 Å². The molecule has 1 aromatic carbocycles. The summed E-state index contributed by atoms with van der Waals surface area (Å²) in [6.07, 6.45) is 0. The Morgan fingerprint density at radius 2 is 2.03 bits per heavy atom. The third-order valence-corrected chi connectivity index (χ3v) is 6.00. The molecular weight excluding hydrogens is 388 g/mol. The predicted molar refractivity (Wildman–Crippen MR) is 115 cm³/mol. The van der Waals surface area contributed by atoms with Gasteiger partial charge >= 0.3 is 0 Å². The Kier molecular flexibility index (Phi) is 6.87. The Morgan fingerprint density at radius 3 is 2.83 bits per heavy atom. The van der Waals surface area contributed by atoms with E-state index in [2.05, 4.69) is 40.0 Å². The van der Waals surface area contributed by atoms with Gasteiger partial charge in [0, 0.05) is 31.1 Å². The van der Waals surface area contributed by atoms with Crippen molar-refractivity contribution in [2.75, 3.05) is 46.2 Å². The van der Waals surface area contributed by atoms with Crippen LogP contribution < -0.4 is 20.1 Å². The van der Waals surface area contributed by atoms with Crippen LogP contribution in [0.3, 0.4) is 0 Å². The summed E-state index contributed by atoms with van der Waals surface area (Å²) in [5.41, 5.74) is 1.09. The second-order valence-corrected chi connectivity index (χ2v) is 7.92. The number of hydrogen-bond donors (Lipinski definition) is 2. The van der Waals surface area contributed by atoms with Crippen molar-refractivity contribution in [2.45, 2.75) is 19.5 Å². The highest BCUT2D eigenvalue weighted by Crippen LogP contribution is 2.32. The van der Waals surface area contributed by atoms with E-state index in [-0.39, 0.29) is 6.79 Å². The van der Waals surface area contributed by atoms with Gasteiger partial charge in [-0.1, -0.05) is 12.1 Å². The number of rotatable bonds is 7. The van der Waals surface area contributed by atoms with E-state index in [1.807, 2.05) is 18.2 Å². The van der Waals surface area contributed by atoms with E-state index in [9.17, 15) is 0 Å². The molecule has 2 aromatic rings. The van der Waals surface area contributed by atoms with Gasteiger partial charge in [0.1, 0.15) is 0 Å². The summed E-state index contributed by atoms with van der Waals surface area (Å²) in [4.78, 5) is 8.62. The maximum absolute atomic E-state index is 5.54. The van der Waals surface area contributed by atoms with Crippen molar-refractivity contribution in [1.29, 1.82) is 0 Å². The van der Waals surface area contributed by atoms with E-state index >= 15 is 0 Å². The number of fused-ring (bicyclic) bond motifs is 1. The van der Waals surface area contributed by atoms with Gasteiger partial charge in [-0.3, -0.25) is 4.90 Å². The first-order valence-corrected chi connectivity index (χ1v) is 11.0. The van der Waals surface area contributed by atoms with Crippen molar-refractivity contribution in [3.8, 4) is 11.5 Å². The molecule has 2 aliphatic rings. The Labute approximate surface area is 175 Å². The average Bonchev–Trinajstić information content (AvgIpc) is 3.44. The zero-order chi connectivity index (χ0) is 19.9. The summed E-state index contributed by atoms with van der Waals surface area (Å²) >= 11 is 1.80. The molecule has 1 unspecified atom stereocenters. The molecule has 0 bridgehead atoms. The number of thiophene rings is 1. The van der Waals surface area contributed by atoms with Gasteiger partial charge in [-0.15, -0.1) is 11.3 Å². The van der Waals surface area contributed by atoms with Crippen LogP contribution in [0.5, 0.6) is 11.5 Å². The first kappa shape index (κ1) is 20.0. The fourth-order valence-electron chi connectivity index (χ4n) is 3.52. The fourth-order valence-corrected chi connectivity index (χ4v) is 4.39.